The second kappa shape index (κ2) is 6.89. The van der Waals surface area contributed by atoms with Crippen molar-refractivity contribution in [3.05, 3.63) is 82.1 Å². The fraction of sp³-hybridized carbons (Fsp3) is 0. The van der Waals surface area contributed by atoms with E-state index in [0.717, 1.165) is 42.7 Å². The molecule has 2 aromatic heterocycles. The van der Waals surface area contributed by atoms with Crippen LogP contribution in [0.25, 0.3) is 32.5 Å². The van der Waals surface area contributed by atoms with Gasteiger partial charge in [-0.15, -0.1) is 11.3 Å². The summed E-state index contributed by atoms with van der Waals surface area (Å²) in [5.74, 6) is 0.702. The number of nitrogens with zero attached hydrogens (tertiary/aromatic N) is 1. The predicted molar refractivity (Wildman–Crippen MR) is 119 cm³/mol. The molecule has 2 heterocycles. The Kier molecular flexibility index (Phi) is 4.22. The van der Waals surface area contributed by atoms with E-state index in [9.17, 15) is 4.79 Å². The molecule has 0 saturated heterocycles. The molecule has 5 rings (SSSR count). The van der Waals surface area contributed by atoms with Crippen molar-refractivity contribution in [2.75, 3.05) is 5.32 Å². The Morgan fingerprint density at radius 1 is 1.04 bits per heavy atom. The lowest BCUT2D eigenvalue weighted by atomic mass is 10.1. The van der Waals surface area contributed by atoms with Gasteiger partial charge in [0.2, 0.25) is 0 Å². The van der Waals surface area contributed by atoms with Crippen LogP contribution >= 0.6 is 27.3 Å². The van der Waals surface area contributed by atoms with Crippen LogP contribution in [0.3, 0.4) is 0 Å². The maximum atomic E-state index is 12.7. The molecule has 0 atom stereocenters. The van der Waals surface area contributed by atoms with E-state index in [1.165, 1.54) is 0 Å². The van der Waals surface area contributed by atoms with Crippen LogP contribution in [0.15, 0.2) is 76.6 Å². The molecule has 0 bridgehead atoms. The zero-order chi connectivity index (χ0) is 19.1. The number of halogens is 1. The molecule has 0 fully saturated rings. The first kappa shape index (κ1) is 17.2. The topological polar surface area (TPSA) is 57.8 Å². The molecule has 0 aliphatic heterocycles. The fourth-order valence-electron chi connectivity index (χ4n) is 3.18. The fourth-order valence-corrected chi connectivity index (χ4v) is 4.48. The number of benzene rings is 3. The van der Waals surface area contributed by atoms with E-state index in [1.807, 2.05) is 72.1 Å². The number of thiophene rings is 1. The van der Waals surface area contributed by atoms with Crippen LogP contribution in [0.1, 0.15) is 10.4 Å². The quantitative estimate of drug-likeness (QED) is 0.333. The normalized spacial score (nSPS) is 11.2. The van der Waals surface area contributed by atoms with Crippen molar-refractivity contribution in [3.8, 4) is 11.4 Å². The van der Waals surface area contributed by atoms with Crippen LogP contribution in [0.2, 0.25) is 0 Å². The molecule has 136 valence electrons. The highest BCUT2D eigenvalue weighted by Gasteiger charge is 2.12. The number of hydrogen-bond donors (Lipinski definition) is 2. The molecule has 6 heteroatoms. The minimum atomic E-state index is -0.0983. The maximum Gasteiger partial charge on any atom is 0.257 e. The largest absolute Gasteiger partial charge is 0.338 e. The summed E-state index contributed by atoms with van der Waals surface area (Å²) in [5.41, 5.74) is 4.31. The highest BCUT2D eigenvalue weighted by Crippen LogP contribution is 2.27. The zero-order valence-electron chi connectivity index (χ0n) is 14.6. The molecule has 4 nitrogen and oxygen atoms in total. The number of H-pyrrole nitrogens is 1. The molecule has 0 spiro atoms. The molecule has 0 aliphatic rings. The Bertz CT molecular complexity index is 1320. The zero-order valence-corrected chi connectivity index (χ0v) is 17.0. The lowest BCUT2D eigenvalue weighted by molar-refractivity contribution is 0.102. The van der Waals surface area contributed by atoms with Gasteiger partial charge in [0.1, 0.15) is 5.82 Å². The van der Waals surface area contributed by atoms with Gasteiger partial charge in [-0.1, -0.05) is 34.1 Å². The van der Waals surface area contributed by atoms with Crippen LogP contribution in [-0.4, -0.2) is 15.9 Å². The number of nitrogens with one attached hydrogen (secondary N) is 2. The predicted octanol–water partition coefficient (Wildman–Crippen LogP) is 6.46. The van der Waals surface area contributed by atoms with Crippen LogP contribution in [-0.2, 0) is 0 Å². The molecule has 2 N–H and O–H groups in total. The Morgan fingerprint density at radius 2 is 1.86 bits per heavy atom. The van der Waals surface area contributed by atoms with Crippen LogP contribution < -0.4 is 5.32 Å². The van der Waals surface area contributed by atoms with Gasteiger partial charge in [-0.2, -0.15) is 0 Å². The van der Waals surface area contributed by atoms with E-state index < -0.39 is 0 Å². The SMILES string of the molecule is O=C(Nc1ccc(-c2nc3ccc(Br)cc3[nH]2)cc1)c1csc2ccccc12. The Balaban J connectivity index is 1.39. The number of anilines is 1. The van der Waals surface area contributed by atoms with Gasteiger partial charge in [0.25, 0.3) is 5.91 Å². The van der Waals surface area contributed by atoms with Crippen molar-refractivity contribution in [1.82, 2.24) is 9.97 Å². The van der Waals surface area contributed by atoms with E-state index in [4.69, 9.17) is 0 Å². The summed E-state index contributed by atoms with van der Waals surface area (Å²) in [4.78, 5) is 20.6. The van der Waals surface area contributed by atoms with Crippen molar-refractivity contribution in [2.24, 2.45) is 0 Å². The minimum Gasteiger partial charge on any atom is -0.338 e. The first-order valence-corrected chi connectivity index (χ1v) is 10.4. The number of aromatic nitrogens is 2. The second-order valence-electron chi connectivity index (χ2n) is 6.42. The lowest BCUT2D eigenvalue weighted by Crippen LogP contribution is -2.11. The summed E-state index contributed by atoms with van der Waals surface area (Å²) in [7, 11) is 0. The van der Waals surface area contributed by atoms with Gasteiger partial charge in [0.15, 0.2) is 0 Å². The monoisotopic (exact) mass is 447 g/mol. The van der Waals surface area contributed by atoms with Crippen LogP contribution in [0.5, 0.6) is 0 Å². The standard InChI is InChI=1S/C22H14BrN3OS/c23-14-7-10-18-19(11-14)26-21(25-18)13-5-8-15(9-6-13)24-22(27)17-12-28-20-4-2-1-3-16(17)20/h1-12H,(H,24,27)(H,25,26). The molecule has 3 aromatic carbocycles. The third-order valence-electron chi connectivity index (χ3n) is 4.59. The minimum absolute atomic E-state index is 0.0983. The van der Waals surface area contributed by atoms with E-state index >= 15 is 0 Å². The molecule has 5 aromatic rings. The summed E-state index contributed by atoms with van der Waals surface area (Å²) in [6.45, 7) is 0. The van der Waals surface area contributed by atoms with Gasteiger partial charge >= 0.3 is 0 Å². The second-order valence-corrected chi connectivity index (χ2v) is 8.25. The van der Waals surface area contributed by atoms with Crippen molar-refractivity contribution in [3.63, 3.8) is 0 Å². The Labute approximate surface area is 173 Å². The van der Waals surface area contributed by atoms with Gasteiger partial charge in [-0.05, 0) is 48.5 Å². The van der Waals surface area contributed by atoms with Gasteiger partial charge in [-0.3, -0.25) is 4.79 Å². The average molecular weight is 448 g/mol. The number of rotatable bonds is 3. The van der Waals surface area contributed by atoms with Crippen molar-refractivity contribution in [2.45, 2.75) is 0 Å². The number of imidazole rings is 1. The molecule has 0 unspecified atom stereocenters. The van der Waals surface area contributed by atoms with Crippen molar-refractivity contribution >= 4 is 60.0 Å². The number of carbonyl (C=O) groups excluding carboxylic acids is 1. The van der Waals surface area contributed by atoms with E-state index in [0.29, 0.717) is 5.56 Å². The van der Waals surface area contributed by atoms with E-state index in [-0.39, 0.29) is 5.91 Å². The van der Waals surface area contributed by atoms with Gasteiger partial charge in [-0.25, -0.2) is 4.98 Å². The molecule has 0 aliphatic carbocycles. The van der Waals surface area contributed by atoms with Gasteiger partial charge in [0, 0.05) is 31.2 Å². The molecular formula is C22H14BrN3OS. The van der Waals surface area contributed by atoms with Crippen molar-refractivity contribution < 1.29 is 4.79 Å². The summed E-state index contributed by atoms with van der Waals surface area (Å²) < 4.78 is 2.12. The average Bonchev–Trinajstić information content (AvgIpc) is 3.32. The first-order chi connectivity index (χ1) is 13.7. The van der Waals surface area contributed by atoms with Crippen molar-refractivity contribution in [1.29, 1.82) is 0 Å². The first-order valence-electron chi connectivity index (χ1n) is 8.71. The highest BCUT2D eigenvalue weighted by atomic mass is 79.9. The molecular weight excluding hydrogens is 434 g/mol. The number of aromatic amines is 1. The lowest BCUT2D eigenvalue weighted by Gasteiger charge is -2.05. The summed E-state index contributed by atoms with van der Waals surface area (Å²) in [6.07, 6.45) is 0. The number of amides is 1. The highest BCUT2D eigenvalue weighted by molar-refractivity contribution is 9.10. The van der Waals surface area contributed by atoms with Crippen LogP contribution in [0, 0.1) is 0 Å². The summed E-state index contributed by atoms with van der Waals surface area (Å²) >= 11 is 5.05. The van der Waals surface area contributed by atoms with E-state index in [1.54, 1.807) is 11.3 Å². The molecule has 0 saturated carbocycles. The Hall–Kier alpha value is -2.96. The molecule has 28 heavy (non-hydrogen) atoms. The maximum absolute atomic E-state index is 12.7. The summed E-state index contributed by atoms with van der Waals surface area (Å²) in [5, 5.41) is 5.87. The molecule has 1 amide bonds. The molecule has 0 radical (unpaired) electrons. The number of fused-ring (bicyclic) bond motifs is 2. The third kappa shape index (κ3) is 3.10. The number of carbonyl (C=O) groups is 1. The Morgan fingerprint density at radius 3 is 2.71 bits per heavy atom. The van der Waals surface area contributed by atoms with Gasteiger partial charge in [0.05, 0.1) is 16.6 Å². The summed E-state index contributed by atoms with van der Waals surface area (Å²) in [6, 6.07) is 21.6. The third-order valence-corrected chi connectivity index (χ3v) is 6.04. The smallest absolute Gasteiger partial charge is 0.257 e. The van der Waals surface area contributed by atoms with E-state index in [2.05, 4.69) is 31.2 Å². The van der Waals surface area contributed by atoms with Crippen LogP contribution in [0.4, 0.5) is 5.69 Å². The van der Waals surface area contributed by atoms with Gasteiger partial charge < -0.3 is 10.3 Å². The number of hydrogen-bond acceptors (Lipinski definition) is 3.